The first kappa shape index (κ1) is 19.6. The van der Waals surface area contributed by atoms with E-state index in [-0.39, 0.29) is 18.7 Å². The van der Waals surface area contributed by atoms with Crippen LogP contribution in [-0.2, 0) is 6.54 Å². The minimum Gasteiger partial charge on any atom is -0.454 e. The Morgan fingerprint density at radius 3 is 2.84 bits per heavy atom. The second-order valence-electron chi connectivity index (χ2n) is 8.06. The lowest BCUT2D eigenvalue weighted by Gasteiger charge is -2.37. The number of piperidine rings is 1. The molecule has 1 saturated heterocycles. The molecule has 8 nitrogen and oxygen atoms in total. The first-order valence-electron chi connectivity index (χ1n) is 10.5. The van der Waals surface area contributed by atoms with Crippen LogP contribution in [0.3, 0.4) is 0 Å². The van der Waals surface area contributed by atoms with Crippen molar-refractivity contribution >= 4 is 5.91 Å². The first-order chi connectivity index (χ1) is 15.2. The molecule has 1 amide bonds. The maximum atomic E-state index is 13.5. The van der Waals surface area contributed by atoms with Crippen molar-refractivity contribution < 1.29 is 14.3 Å². The normalized spacial score (nSPS) is 16.4. The van der Waals surface area contributed by atoms with Crippen LogP contribution in [0.25, 0.3) is 11.3 Å². The Morgan fingerprint density at radius 2 is 2.03 bits per heavy atom. The number of ether oxygens (including phenoxy) is 2. The van der Waals surface area contributed by atoms with E-state index < -0.39 is 0 Å². The van der Waals surface area contributed by atoms with Crippen LogP contribution in [0.2, 0.25) is 0 Å². The predicted octanol–water partition coefficient (Wildman–Crippen LogP) is 2.94. The van der Waals surface area contributed by atoms with Gasteiger partial charge in [-0.3, -0.25) is 14.9 Å². The van der Waals surface area contributed by atoms with Gasteiger partial charge in [0.2, 0.25) is 6.79 Å². The largest absolute Gasteiger partial charge is 0.454 e. The lowest BCUT2D eigenvalue weighted by atomic mass is 10.0. The summed E-state index contributed by atoms with van der Waals surface area (Å²) in [6.45, 7) is 2.71. The van der Waals surface area contributed by atoms with Crippen LogP contribution in [-0.4, -0.2) is 63.9 Å². The molecule has 0 saturated carbocycles. The number of nitrogens with zero attached hydrogens (tertiary/aromatic N) is 4. The number of hydrogen-bond acceptors (Lipinski definition) is 6. The molecule has 0 aliphatic carbocycles. The van der Waals surface area contributed by atoms with Gasteiger partial charge in [0.25, 0.3) is 5.91 Å². The Hall–Kier alpha value is -3.39. The van der Waals surface area contributed by atoms with Gasteiger partial charge in [-0.25, -0.2) is 0 Å². The number of carbonyl (C=O) groups excluding carboxylic acids is 1. The molecule has 2 aliphatic heterocycles. The number of amides is 1. The van der Waals surface area contributed by atoms with E-state index in [1.165, 1.54) is 0 Å². The summed E-state index contributed by atoms with van der Waals surface area (Å²) in [4.78, 5) is 22.0. The van der Waals surface area contributed by atoms with E-state index in [4.69, 9.17) is 9.47 Å². The van der Waals surface area contributed by atoms with Crippen molar-refractivity contribution in [3.8, 4) is 22.8 Å². The van der Waals surface area contributed by atoms with Crippen molar-refractivity contribution in [3.63, 3.8) is 0 Å². The van der Waals surface area contributed by atoms with Crippen LogP contribution in [0.5, 0.6) is 11.5 Å². The molecule has 1 aromatic carbocycles. The molecule has 0 atom stereocenters. The van der Waals surface area contributed by atoms with Crippen molar-refractivity contribution in [1.29, 1.82) is 0 Å². The number of aromatic nitrogens is 3. The Kier molecular flexibility index (Phi) is 5.30. The second-order valence-corrected chi connectivity index (χ2v) is 8.06. The third kappa shape index (κ3) is 4.11. The number of aromatic amines is 1. The molecule has 4 heterocycles. The lowest BCUT2D eigenvalue weighted by Crippen LogP contribution is -2.46. The third-order valence-electron chi connectivity index (χ3n) is 5.94. The SMILES string of the molecule is CN1CCC(N(Cc2cccnc2)C(=O)c2cc(-c3ccc4c(c3)OCO4)n[nH]2)CC1. The van der Waals surface area contributed by atoms with E-state index in [9.17, 15) is 4.79 Å². The fraction of sp³-hybridized carbons (Fsp3) is 0.348. The molecule has 1 fully saturated rings. The van der Waals surface area contributed by atoms with Gasteiger partial charge in [0.1, 0.15) is 5.69 Å². The highest BCUT2D eigenvalue weighted by Gasteiger charge is 2.29. The molecule has 2 aromatic heterocycles. The summed E-state index contributed by atoms with van der Waals surface area (Å²) >= 11 is 0. The molecule has 160 valence electrons. The molecule has 0 spiro atoms. The number of pyridine rings is 1. The van der Waals surface area contributed by atoms with Gasteiger partial charge in [-0.1, -0.05) is 6.07 Å². The monoisotopic (exact) mass is 419 g/mol. The van der Waals surface area contributed by atoms with E-state index in [1.54, 1.807) is 6.20 Å². The topological polar surface area (TPSA) is 83.6 Å². The summed E-state index contributed by atoms with van der Waals surface area (Å²) < 4.78 is 10.8. The van der Waals surface area contributed by atoms with Gasteiger partial charge in [0, 0.05) is 30.5 Å². The molecule has 1 N–H and O–H groups in total. The minimum absolute atomic E-state index is 0.0436. The van der Waals surface area contributed by atoms with Crippen LogP contribution in [0.4, 0.5) is 0 Å². The van der Waals surface area contributed by atoms with E-state index in [1.807, 2.05) is 47.5 Å². The maximum Gasteiger partial charge on any atom is 0.272 e. The van der Waals surface area contributed by atoms with Crippen LogP contribution in [0.1, 0.15) is 28.9 Å². The lowest BCUT2D eigenvalue weighted by molar-refractivity contribution is 0.0563. The quantitative estimate of drug-likeness (QED) is 0.685. The smallest absolute Gasteiger partial charge is 0.272 e. The highest BCUT2D eigenvalue weighted by atomic mass is 16.7. The zero-order valence-corrected chi connectivity index (χ0v) is 17.5. The molecule has 31 heavy (non-hydrogen) atoms. The van der Waals surface area contributed by atoms with Crippen molar-refractivity contribution in [3.05, 3.63) is 60.0 Å². The third-order valence-corrected chi connectivity index (χ3v) is 5.94. The summed E-state index contributed by atoms with van der Waals surface area (Å²) in [6.07, 6.45) is 5.47. The molecule has 0 unspecified atom stereocenters. The Morgan fingerprint density at radius 1 is 1.19 bits per heavy atom. The molecule has 5 rings (SSSR count). The first-order valence-corrected chi connectivity index (χ1v) is 10.5. The molecule has 0 bridgehead atoms. The van der Waals surface area contributed by atoms with Crippen molar-refractivity contribution in [2.24, 2.45) is 0 Å². The van der Waals surface area contributed by atoms with Crippen LogP contribution >= 0.6 is 0 Å². The van der Waals surface area contributed by atoms with E-state index >= 15 is 0 Å². The van der Waals surface area contributed by atoms with Gasteiger partial charge in [-0.05, 0) is 68.9 Å². The zero-order chi connectivity index (χ0) is 21.2. The van der Waals surface area contributed by atoms with Crippen molar-refractivity contribution in [2.45, 2.75) is 25.4 Å². The summed E-state index contributed by atoms with van der Waals surface area (Å²) in [5, 5.41) is 7.34. The molecule has 2 aliphatic rings. The molecular weight excluding hydrogens is 394 g/mol. The summed E-state index contributed by atoms with van der Waals surface area (Å²) in [7, 11) is 2.12. The minimum atomic E-state index is -0.0436. The maximum absolute atomic E-state index is 13.5. The summed E-state index contributed by atoms with van der Waals surface area (Å²) in [6, 6.07) is 11.6. The number of carbonyl (C=O) groups is 1. The molecular formula is C23H25N5O3. The predicted molar refractivity (Wildman–Crippen MR) is 115 cm³/mol. The average molecular weight is 419 g/mol. The Balaban J connectivity index is 1.40. The number of rotatable bonds is 5. The highest BCUT2D eigenvalue weighted by molar-refractivity contribution is 5.93. The Labute approximate surface area is 180 Å². The second kappa shape index (κ2) is 8.39. The van der Waals surface area contributed by atoms with Crippen molar-refractivity contribution in [2.75, 3.05) is 26.9 Å². The van der Waals surface area contributed by atoms with Gasteiger partial charge >= 0.3 is 0 Å². The van der Waals surface area contributed by atoms with Gasteiger partial charge in [-0.2, -0.15) is 5.10 Å². The highest BCUT2D eigenvalue weighted by Crippen LogP contribution is 2.35. The number of fused-ring (bicyclic) bond motifs is 1. The van der Waals surface area contributed by atoms with Crippen LogP contribution in [0.15, 0.2) is 48.8 Å². The molecule has 3 aromatic rings. The van der Waals surface area contributed by atoms with E-state index in [0.717, 1.165) is 42.8 Å². The van der Waals surface area contributed by atoms with Gasteiger partial charge in [-0.15, -0.1) is 0 Å². The number of hydrogen-bond donors (Lipinski definition) is 1. The van der Waals surface area contributed by atoms with E-state index in [0.29, 0.717) is 23.7 Å². The van der Waals surface area contributed by atoms with Crippen molar-refractivity contribution in [1.82, 2.24) is 25.0 Å². The standard InChI is InChI=1S/C23H25N5O3/c1-27-9-6-18(7-10-27)28(14-16-3-2-8-24-13-16)23(29)20-12-19(25-26-20)17-4-5-21-22(11-17)31-15-30-21/h2-5,8,11-13,18H,6-7,9-10,14-15H2,1H3,(H,25,26). The fourth-order valence-corrected chi connectivity index (χ4v) is 4.15. The van der Waals surface area contributed by atoms with Gasteiger partial charge in [0.15, 0.2) is 11.5 Å². The Bertz CT molecular complexity index is 1060. The zero-order valence-electron chi connectivity index (χ0n) is 17.5. The van der Waals surface area contributed by atoms with Gasteiger partial charge in [0.05, 0.1) is 5.69 Å². The number of nitrogens with one attached hydrogen (secondary N) is 1. The molecule has 0 radical (unpaired) electrons. The average Bonchev–Trinajstić information content (AvgIpc) is 3.48. The molecule has 8 heteroatoms. The number of likely N-dealkylation sites (tertiary alicyclic amines) is 1. The van der Waals surface area contributed by atoms with Crippen LogP contribution < -0.4 is 9.47 Å². The number of benzene rings is 1. The van der Waals surface area contributed by atoms with Crippen LogP contribution in [0, 0.1) is 0 Å². The van der Waals surface area contributed by atoms with Gasteiger partial charge < -0.3 is 19.3 Å². The fourth-order valence-electron chi connectivity index (χ4n) is 4.15. The van der Waals surface area contributed by atoms with E-state index in [2.05, 4.69) is 27.1 Å². The number of H-pyrrole nitrogens is 1. The summed E-state index contributed by atoms with van der Waals surface area (Å²) in [5.74, 6) is 1.37. The summed E-state index contributed by atoms with van der Waals surface area (Å²) in [5.41, 5.74) is 3.07.